The largest absolute Gasteiger partial charge is 0.328 e. The molecule has 0 saturated heterocycles. The van der Waals surface area contributed by atoms with Gasteiger partial charge in [0.1, 0.15) is 17.3 Å². The molecule has 2 heterocycles. The van der Waals surface area contributed by atoms with Crippen LogP contribution in [0.5, 0.6) is 0 Å². The second kappa shape index (κ2) is 4.38. The molecule has 19 heavy (non-hydrogen) atoms. The zero-order valence-corrected chi connectivity index (χ0v) is 10.6. The molecule has 1 aliphatic rings. The fourth-order valence-electron chi connectivity index (χ4n) is 2.59. The molecule has 2 aromatic rings. The average Bonchev–Trinajstić information content (AvgIpc) is 2.89. The van der Waals surface area contributed by atoms with Crippen LogP contribution in [-0.4, -0.2) is 15.8 Å². The van der Waals surface area contributed by atoms with E-state index in [9.17, 15) is 13.6 Å². The van der Waals surface area contributed by atoms with Gasteiger partial charge in [-0.3, -0.25) is 4.79 Å². The van der Waals surface area contributed by atoms with E-state index < -0.39 is 11.6 Å². The Bertz CT molecular complexity index is 700. The van der Waals surface area contributed by atoms with Gasteiger partial charge in [0.15, 0.2) is 11.1 Å². The zero-order chi connectivity index (χ0) is 13.6. The standard InChI is InChI=1S/C13H10F2N2OS/c14-9-1-7(2-10(15)4-9)8-3-12-11(6-18)16-13(19)17(12)5-8/h1-2,4,6,8H,3,5H2,(H,16,19). The number of nitrogens with zero attached hydrogens (tertiary/aromatic N) is 1. The third-order valence-electron chi connectivity index (χ3n) is 3.44. The first-order chi connectivity index (χ1) is 9.08. The van der Waals surface area contributed by atoms with Crippen LogP contribution < -0.4 is 0 Å². The molecule has 1 N–H and O–H groups in total. The number of aldehydes is 1. The van der Waals surface area contributed by atoms with E-state index in [1.165, 1.54) is 12.1 Å². The van der Waals surface area contributed by atoms with E-state index in [1.54, 1.807) is 0 Å². The van der Waals surface area contributed by atoms with Crippen molar-refractivity contribution in [1.29, 1.82) is 0 Å². The van der Waals surface area contributed by atoms with Crippen molar-refractivity contribution in [2.75, 3.05) is 0 Å². The number of hydrogen-bond acceptors (Lipinski definition) is 2. The Labute approximate surface area is 112 Å². The van der Waals surface area contributed by atoms with E-state index in [1.807, 2.05) is 4.57 Å². The minimum atomic E-state index is -0.590. The van der Waals surface area contributed by atoms with Gasteiger partial charge in [-0.05, 0) is 36.3 Å². The summed E-state index contributed by atoms with van der Waals surface area (Å²) >= 11 is 5.12. The van der Waals surface area contributed by atoms with Gasteiger partial charge in [0, 0.05) is 24.2 Å². The molecular weight excluding hydrogens is 270 g/mol. The molecule has 1 aromatic carbocycles. The van der Waals surface area contributed by atoms with Crippen LogP contribution in [-0.2, 0) is 13.0 Å². The van der Waals surface area contributed by atoms with E-state index in [4.69, 9.17) is 12.2 Å². The maximum Gasteiger partial charge on any atom is 0.177 e. The summed E-state index contributed by atoms with van der Waals surface area (Å²) in [5.74, 6) is -1.24. The van der Waals surface area contributed by atoms with E-state index in [0.29, 0.717) is 29.0 Å². The first kappa shape index (κ1) is 12.2. The van der Waals surface area contributed by atoms with Crippen LogP contribution in [0.3, 0.4) is 0 Å². The van der Waals surface area contributed by atoms with E-state index >= 15 is 0 Å². The number of benzene rings is 1. The first-order valence-electron chi connectivity index (χ1n) is 5.81. The van der Waals surface area contributed by atoms with Crippen molar-refractivity contribution in [1.82, 2.24) is 9.55 Å². The third kappa shape index (κ3) is 2.02. The molecule has 0 radical (unpaired) electrons. The predicted molar refractivity (Wildman–Crippen MR) is 67.8 cm³/mol. The minimum absolute atomic E-state index is 0.0600. The topological polar surface area (TPSA) is 37.8 Å². The fourth-order valence-corrected chi connectivity index (χ4v) is 2.88. The summed E-state index contributed by atoms with van der Waals surface area (Å²) in [5, 5.41) is 0. The van der Waals surface area contributed by atoms with Gasteiger partial charge in [-0.2, -0.15) is 0 Å². The number of hydrogen-bond donors (Lipinski definition) is 1. The normalized spacial score (nSPS) is 17.5. The Morgan fingerprint density at radius 2 is 2.00 bits per heavy atom. The number of rotatable bonds is 2. The van der Waals surface area contributed by atoms with Crippen molar-refractivity contribution in [2.45, 2.75) is 18.9 Å². The highest BCUT2D eigenvalue weighted by molar-refractivity contribution is 7.71. The maximum absolute atomic E-state index is 13.2. The summed E-state index contributed by atoms with van der Waals surface area (Å²) in [5.41, 5.74) is 1.84. The Hall–Kier alpha value is -1.82. The van der Waals surface area contributed by atoms with Crippen molar-refractivity contribution in [3.05, 3.63) is 51.6 Å². The number of H-pyrrole nitrogens is 1. The zero-order valence-electron chi connectivity index (χ0n) is 9.82. The second-order valence-corrected chi connectivity index (χ2v) is 5.01. The van der Waals surface area contributed by atoms with Crippen molar-refractivity contribution in [3.8, 4) is 0 Å². The van der Waals surface area contributed by atoms with Crippen LogP contribution in [0, 0.1) is 16.4 Å². The lowest BCUT2D eigenvalue weighted by Crippen LogP contribution is -2.03. The molecule has 3 nitrogen and oxygen atoms in total. The van der Waals surface area contributed by atoms with Gasteiger partial charge in [0.2, 0.25) is 0 Å². The number of aromatic nitrogens is 2. The lowest BCUT2D eigenvalue weighted by Gasteiger charge is -2.09. The summed E-state index contributed by atoms with van der Waals surface area (Å²) < 4.78 is 28.7. The predicted octanol–water partition coefficient (Wildman–Crippen LogP) is 2.98. The van der Waals surface area contributed by atoms with E-state index in [0.717, 1.165) is 18.0 Å². The van der Waals surface area contributed by atoms with Crippen molar-refractivity contribution in [2.24, 2.45) is 0 Å². The molecule has 1 unspecified atom stereocenters. The molecule has 3 rings (SSSR count). The van der Waals surface area contributed by atoms with E-state index in [2.05, 4.69) is 4.98 Å². The molecule has 98 valence electrons. The lowest BCUT2D eigenvalue weighted by molar-refractivity contribution is 0.111. The quantitative estimate of drug-likeness (QED) is 0.678. The molecule has 0 amide bonds. The van der Waals surface area contributed by atoms with Gasteiger partial charge in [-0.15, -0.1) is 0 Å². The Balaban J connectivity index is 1.99. The van der Waals surface area contributed by atoms with Gasteiger partial charge in [0.05, 0.1) is 0 Å². The lowest BCUT2D eigenvalue weighted by atomic mass is 9.96. The average molecular weight is 280 g/mol. The Morgan fingerprint density at radius 3 is 2.63 bits per heavy atom. The van der Waals surface area contributed by atoms with Crippen LogP contribution in [0.4, 0.5) is 8.78 Å². The molecule has 1 aliphatic heterocycles. The summed E-state index contributed by atoms with van der Waals surface area (Å²) in [6.07, 6.45) is 1.26. The molecule has 0 saturated carbocycles. The van der Waals surface area contributed by atoms with Gasteiger partial charge >= 0.3 is 0 Å². The highest BCUT2D eigenvalue weighted by atomic mass is 32.1. The van der Waals surface area contributed by atoms with Crippen LogP contribution >= 0.6 is 12.2 Å². The van der Waals surface area contributed by atoms with Gasteiger partial charge in [-0.1, -0.05) is 0 Å². The molecule has 1 aromatic heterocycles. The smallest absolute Gasteiger partial charge is 0.177 e. The number of aromatic amines is 1. The van der Waals surface area contributed by atoms with E-state index in [-0.39, 0.29) is 5.92 Å². The van der Waals surface area contributed by atoms with Crippen LogP contribution in [0.25, 0.3) is 0 Å². The SMILES string of the molecule is O=Cc1[nH]c(=S)n2c1CC(c1cc(F)cc(F)c1)C2. The van der Waals surface area contributed by atoms with Crippen molar-refractivity contribution in [3.63, 3.8) is 0 Å². The summed E-state index contributed by atoms with van der Waals surface area (Å²) in [6.45, 7) is 0.529. The summed E-state index contributed by atoms with van der Waals surface area (Å²) in [4.78, 5) is 13.7. The first-order valence-corrected chi connectivity index (χ1v) is 6.22. The monoisotopic (exact) mass is 280 g/mol. The molecule has 0 spiro atoms. The molecule has 6 heteroatoms. The third-order valence-corrected chi connectivity index (χ3v) is 3.76. The Kier molecular flexibility index (Phi) is 2.82. The van der Waals surface area contributed by atoms with Gasteiger partial charge in [-0.25, -0.2) is 8.78 Å². The van der Waals surface area contributed by atoms with Crippen LogP contribution in [0.15, 0.2) is 18.2 Å². The fraction of sp³-hybridized carbons (Fsp3) is 0.231. The second-order valence-electron chi connectivity index (χ2n) is 4.62. The highest BCUT2D eigenvalue weighted by Crippen LogP contribution is 2.31. The molecule has 1 atom stereocenters. The number of carbonyl (C=O) groups excluding carboxylic acids is 1. The number of carbonyl (C=O) groups is 1. The van der Waals surface area contributed by atoms with Crippen molar-refractivity contribution >= 4 is 18.5 Å². The van der Waals surface area contributed by atoms with Gasteiger partial charge in [0.25, 0.3) is 0 Å². The maximum atomic E-state index is 13.2. The van der Waals surface area contributed by atoms with Crippen LogP contribution in [0.2, 0.25) is 0 Å². The van der Waals surface area contributed by atoms with Crippen LogP contribution in [0.1, 0.15) is 27.7 Å². The molecule has 0 aliphatic carbocycles. The number of halogens is 2. The summed E-state index contributed by atoms with van der Waals surface area (Å²) in [7, 11) is 0. The highest BCUT2D eigenvalue weighted by Gasteiger charge is 2.27. The van der Waals surface area contributed by atoms with Gasteiger partial charge < -0.3 is 9.55 Å². The minimum Gasteiger partial charge on any atom is -0.328 e. The Morgan fingerprint density at radius 1 is 1.32 bits per heavy atom. The summed E-state index contributed by atoms with van der Waals surface area (Å²) in [6, 6.07) is 3.50. The molecule has 0 fully saturated rings. The number of nitrogens with one attached hydrogen (secondary N) is 1. The number of imidazole rings is 1. The molecule has 0 bridgehead atoms. The number of fused-ring (bicyclic) bond motifs is 1. The molecular formula is C13H10F2N2OS. The van der Waals surface area contributed by atoms with Crippen molar-refractivity contribution < 1.29 is 13.6 Å².